The fourth-order valence-corrected chi connectivity index (χ4v) is 2.87. The van der Waals surface area contributed by atoms with E-state index >= 15 is 0 Å². The molecule has 0 saturated heterocycles. The van der Waals surface area contributed by atoms with E-state index in [-0.39, 0.29) is 5.12 Å². The lowest BCUT2D eigenvalue weighted by atomic mass is 10.1. The molecule has 0 atom stereocenters. The lowest BCUT2D eigenvalue weighted by molar-refractivity contribution is 0.108. The number of ether oxygens (including phenoxy) is 1. The summed E-state index contributed by atoms with van der Waals surface area (Å²) in [5.41, 5.74) is 2.03. The van der Waals surface area contributed by atoms with Crippen LogP contribution >= 0.6 is 11.8 Å². The highest BCUT2D eigenvalue weighted by atomic mass is 32.2. The van der Waals surface area contributed by atoms with E-state index in [0.717, 1.165) is 17.1 Å². The van der Waals surface area contributed by atoms with Crippen LogP contribution in [0.5, 0.6) is 5.75 Å². The summed E-state index contributed by atoms with van der Waals surface area (Å²) in [7, 11) is 0. The van der Waals surface area contributed by atoms with E-state index in [1.54, 1.807) is 0 Å². The van der Waals surface area contributed by atoms with Crippen molar-refractivity contribution in [3.8, 4) is 5.75 Å². The molecule has 0 fully saturated rings. The van der Waals surface area contributed by atoms with Crippen LogP contribution in [0.25, 0.3) is 0 Å². The molecule has 0 saturated carbocycles. The van der Waals surface area contributed by atoms with Crippen LogP contribution in [0, 0.1) is 0 Å². The van der Waals surface area contributed by atoms with Crippen LogP contribution in [0.4, 0.5) is 0 Å². The summed E-state index contributed by atoms with van der Waals surface area (Å²) >= 11 is 1.27. The standard InChI is InChI=1S/C19H22O2S/c1-3-5-6-15-7-13-18(14-8-15)22-19(20)16-9-11-17(12-10-16)21-4-2/h7-14H,3-6H2,1-2H3. The molecule has 0 amide bonds. The largest absolute Gasteiger partial charge is 0.494 e. The van der Waals surface area contributed by atoms with Crippen molar-refractivity contribution >= 4 is 16.9 Å². The molecule has 0 N–H and O–H groups in total. The van der Waals surface area contributed by atoms with Gasteiger partial charge in [-0.15, -0.1) is 0 Å². The highest BCUT2D eigenvalue weighted by Crippen LogP contribution is 2.24. The Morgan fingerprint density at radius 1 is 1.00 bits per heavy atom. The van der Waals surface area contributed by atoms with E-state index in [0.29, 0.717) is 12.2 Å². The molecule has 0 aliphatic rings. The fraction of sp³-hybridized carbons (Fsp3) is 0.316. The van der Waals surface area contributed by atoms with Crippen molar-refractivity contribution < 1.29 is 9.53 Å². The highest BCUT2D eigenvalue weighted by molar-refractivity contribution is 8.14. The Kier molecular flexibility index (Phi) is 6.53. The number of hydrogen-bond acceptors (Lipinski definition) is 3. The van der Waals surface area contributed by atoms with Gasteiger partial charge in [0, 0.05) is 10.5 Å². The topological polar surface area (TPSA) is 26.3 Å². The van der Waals surface area contributed by atoms with Crippen molar-refractivity contribution in [1.29, 1.82) is 0 Å². The minimum absolute atomic E-state index is 0.0596. The Labute approximate surface area is 136 Å². The molecule has 0 bridgehead atoms. The quantitative estimate of drug-likeness (QED) is 0.643. The van der Waals surface area contributed by atoms with Crippen LogP contribution in [-0.4, -0.2) is 11.7 Å². The minimum atomic E-state index is 0.0596. The molecule has 22 heavy (non-hydrogen) atoms. The molecule has 2 rings (SSSR count). The molecule has 3 heteroatoms. The van der Waals surface area contributed by atoms with Gasteiger partial charge >= 0.3 is 0 Å². The number of benzene rings is 2. The zero-order valence-electron chi connectivity index (χ0n) is 13.2. The third kappa shape index (κ3) is 4.92. The van der Waals surface area contributed by atoms with Crippen molar-refractivity contribution in [2.24, 2.45) is 0 Å². The van der Waals surface area contributed by atoms with Gasteiger partial charge in [-0.05, 0) is 73.5 Å². The number of carbonyl (C=O) groups excluding carboxylic acids is 1. The van der Waals surface area contributed by atoms with Crippen LogP contribution < -0.4 is 4.74 Å². The van der Waals surface area contributed by atoms with E-state index in [4.69, 9.17) is 4.74 Å². The monoisotopic (exact) mass is 314 g/mol. The molecule has 0 aliphatic carbocycles. The molecular formula is C19H22O2S. The van der Waals surface area contributed by atoms with Gasteiger partial charge in [0.25, 0.3) is 0 Å². The Hall–Kier alpha value is -1.74. The van der Waals surface area contributed by atoms with Gasteiger partial charge < -0.3 is 4.74 Å². The Balaban J connectivity index is 1.96. The third-order valence-corrected chi connectivity index (χ3v) is 4.28. The van der Waals surface area contributed by atoms with Gasteiger partial charge in [-0.1, -0.05) is 25.5 Å². The molecule has 116 valence electrons. The molecular weight excluding hydrogens is 292 g/mol. The van der Waals surface area contributed by atoms with E-state index in [2.05, 4.69) is 19.1 Å². The van der Waals surface area contributed by atoms with E-state index in [1.165, 1.54) is 30.2 Å². The number of carbonyl (C=O) groups is 1. The molecule has 2 aromatic rings. The summed E-state index contributed by atoms with van der Waals surface area (Å²) in [6.45, 7) is 4.77. The Morgan fingerprint density at radius 2 is 1.68 bits per heavy atom. The Bertz CT molecular complexity index is 588. The maximum absolute atomic E-state index is 12.3. The van der Waals surface area contributed by atoms with Crippen molar-refractivity contribution in [2.45, 2.75) is 38.0 Å². The molecule has 2 aromatic carbocycles. The average molecular weight is 314 g/mol. The lowest BCUT2D eigenvalue weighted by Crippen LogP contribution is -1.95. The third-order valence-electron chi connectivity index (χ3n) is 3.35. The second-order valence-corrected chi connectivity index (χ2v) is 6.14. The number of rotatable bonds is 7. The van der Waals surface area contributed by atoms with Gasteiger partial charge in [-0.3, -0.25) is 4.79 Å². The van der Waals surface area contributed by atoms with Gasteiger partial charge in [0.1, 0.15) is 5.75 Å². The molecule has 0 aromatic heterocycles. The summed E-state index contributed by atoms with van der Waals surface area (Å²) in [4.78, 5) is 13.2. The maximum Gasteiger partial charge on any atom is 0.224 e. The Morgan fingerprint density at radius 3 is 2.27 bits per heavy atom. The van der Waals surface area contributed by atoms with E-state index < -0.39 is 0 Å². The number of thioether (sulfide) groups is 1. The molecule has 0 heterocycles. The smallest absolute Gasteiger partial charge is 0.224 e. The minimum Gasteiger partial charge on any atom is -0.494 e. The van der Waals surface area contributed by atoms with Gasteiger partial charge in [0.15, 0.2) is 0 Å². The van der Waals surface area contributed by atoms with E-state index in [9.17, 15) is 4.79 Å². The zero-order valence-corrected chi connectivity index (χ0v) is 14.0. The molecule has 0 unspecified atom stereocenters. The van der Waals surface area contributed by atoms with Gasteiger partial charge in [0.2, 0.25) is 5.12 Å². The van der Waals surface area contributed by atoms with Gasteiger partial charge in [0.05, 0.1) is 6.61 Å². The number of unbranched alkanes of at least 4 members (excludes halogenated alkanes) is 1. The van der Waals surface area contributed by atoms with Crippen molar-refractivity contribution in [1.82, 2.24) is 0 Å². The normalized spacial score (nSPS) is 10.5. The first-order chi connectivity index (χ1) is 10.7. The fourth-order valence-electron chi connectivity index (χ4n) is 2.12. The molecule has 2 nitrogen and oxygen atoms in total. The SMILES string of the molecule is CCCCc1ccc(SC(=O)c2ccc(OCC)cc2)cc1. The van der Waals surface area contributed by atoms with Crippen LogP contribution in [0.3, 0.4) is 0 Å². The van der Waals surface area contributed by atoms with Gasteiger partial charge in [-0.25, -0.2) is 0 Å². The van der Waals surface area contributed by atoms with Crippen molar-refractivity contribution in [3.05, 3.63) is 59.7 Å². The van der Waals surface area contributed by atoms with E-state index in [1.807, 2.05) is 43.3 Å². The summed E-state index contributed by atoms with van der Waals surface area (Å²) in [5.74, 6) is 0.796. The van der Waals surface area contributed by atoms with Crippen LogP contribution in [-0.2, 0) is 6.42 Å². The summed E-state index contributed by atoms with van der Waals surface area (Å²) < 4.78 is 5.39. The molecule has 0 spiro atoms. The van der Waals surface area contributed by atoms with Crippen LogP contribution in [0.1, 0.15) is 42.6 Å². The second kappa shape index (κ2) is 8.64. The van der Waals surface area contributed by atoms with Crippen LogP contribution in [0.15, 0.2) is 53.4 Å². The summed E-state index contributed by atoms with van der Waals surface area (Å²) in [6, 6.07) is 15.6. The number of aryl methyl sites for hydroxylation is 1. The zero-order chi connectivity index (χ0) is 15.8. The first-order valence-corrected chi connectivity index (χ1v) is 8.58. The summed E-state index contributed by atoms with van der Waals surface area (Å²) in [6.07, 6.45) is 3.51. The molecule has 0 radical (unpaired) electrons. The van der Waals surface area contributed by atoms with Crippen molar-refractivity contribution in [3.63, 3.8) is 0 Å². The van der Waals surface area contributed by atoms with Crippen molar-refractivity contribution in [2.75, 3.05) is 6.61 Å². The second-order valence-electron chi connectivity index (χ2n) is 5.09. The first kappa shape index (κ1) is 16.6. The van der Waals surface area contributed by atoms with Gasteiger partial charge in [-0.2, -0.15) is 0 Å². The highest BCUT2D eigenvalue weighted by Gasteiger charge is 2.08. The summed E-state index contributed by atoms with van der Waals surface area (Å²) in [5, 5.41) is 0.0596. The number of hydrogen-bond donors (Lipinski definition) is 0. The average Bonchev–Trinajstić information content (AvgIpc) is 2.55. The predicted molar refractivity (Wildman–Crippen MR) is 92.9 cm³/mol. The maximum atomic E-state index is 12.3. The lowest BCUT2D eigenvalue weighted by Gasteiger charge is -2.05. The molecule has 0 aliphatic heterocycles. The van der Waals surface area contributed by atoms with Crippen LogP contribution in [0.2, 0.25) is 0 Å². The predicted octanol–water partition coefficient (Wildman–Crippen LogP) is 5.36. The first-order valence-electron chi connectivity index (χ1n) is 7.77.